The van der Waals surface area contributed by atoms with Gasteiger partial charge in [0.1, 0.15) is 0 Å². The molecule has 1 atom stereocenters. The van der Waals surface area contributed by atoms with E-state index in [4.69, 9.17) is 0 Å². The van der Waals surface area contributed by atoms with Crippen LogP contribution in [0, 0.1) is 0 Å². The van der Waals surface area contributed by atoms with Crippen molar-refractivity contribution in [1.82, 2.24) is 5.43 Å². The van der Waals surface area contributed by atoms with Gasteiger partial charge in [0.15, 0.2) is 0 Å². The Hall–Kier alpha value is -3.62. The van der Waals surface area contributed by atoms with E-state index in [0.29, 0.717) is 11.4 Å². The van der Waals surface area contributed by atoms with E-state index in [1.165, 1.54) is 19.1 Å². The highest BCUT2D eigenvalue weighted by molar-refractivity contribution is 7.85. The fourth-order valence-electron chi connectivity index (χ4n) is 3.48. The van der Waals surface area contributed by atoms with E-state index in [-0.39, 0.29) is 16.8 Å². The lowest BCUT2D eigenvalue weighted by atomic mass is 10.0. The molecule has 0 aliphatic carbocycles. The van der Waals surface area contributed by atoms with Crippen LogP contribution in [0.25, 0.3) is 5.70 Å². The van der Waals surface area contributed by atoms with Crippen LogP contribution in [0.5, 0.6) is 0 Å². The monoisotopic (exact) mass is 435 g/mol. The summed E-state index contributed by atoms with van der Waals surface area (Å²) >= 11 is 0. The van der Waals surface area contributed by atoms with Gasteiger partial charge in [0.2, 0.25) is 5.91 Å². The molecule has 1 amide bonds. The Kier molecular flexibility index (Phi) is 5.50. The molecule has 7 nitrogen and oxygen atoms in total. The molecule has 8 heteroatoms. The Labute approximate surface area is 180 Å². The predicted octanol–water partition coefficient (Wildman–Crippen LogP) is 4.00. The van der Waals surface area contributed by atoms with E-state index in [9.17, 15) is 17.8 Å². The summed E-state index contributed by atoms with van der Waals surface area (Å²) < 4.78 is 32.7. The standard InChI is InChI=1S/C23H21N3O4S/c1-16(27)24-19-12-10-18(11-13-19)23-15-22(17-6-3-2-4-7-17)25-26(23)20-8-5-9-21(14-20)31(28,29)30/h2-15,23,25H,1H3,(H,24,27)(H,28,29,30). The van der Waals surface area contributed by atoms with E-state index in [0.717, 1.165) is 16.8 Å². The number of benzene rings is 3. The van der Waals surface area contributed by atoms with Crippen molar-refractivity contribution in [2.45, 2.75) is 17.9 Å². The molecule has 31 heavy (non-hydrogen) atoms. The van der Waals surface area contributed by atoms with Gasteiger partial charge in [0.25, 0.3) is 10.1 Å². The first kappa shape index (κ1) is 20.6. The van der Waals surface area contributed by atoms with Crippen LogP contribution in [-0.4, -0.2) is 18.9 Å². The highest BCUT2D eigenvalue weighted by Gasteiger charge is 2.28. The maximum Gasteiger partial charge on any atom is 0.294 e. The van der Waals surface area contributed by atoms with Crippen LogP contribution in [-0.2, 0) is 14.9 Å². The zero-order valence-corrected chi connectivity index (χ0v) is 17.5. The molecule has 0 spiro atoms. The third-order valence-electron chi connectivity index (χ3n) is 4.89. The van der Waals surface area contributed by atoms with Crippen molar-refractivity contribution >= 4 is 33.1 Å². The molecule has 0 fully saturated rings. The fourth-order valence-corrected chi connectivity index (χ4v) is 4.00. The number of carbonyl (C=O) groups excluding carboxylic acids is 1. The van der Waals surface area contributed by atoms with Crippen LogP contribution >= 0.6 is 0 Å². The third kappa shape index (κ3) is 4.60. The molecule has 1 aliphatic rings. The van der Waals surface area contributed by atoms with E-state index < -0.39 is 10.1 Å². The van der Waals surface area contributed by atoms with Gasteiger partial charge in [-0.25, -0.2) is 0 Å². The van der Waals surface area contributed by atoms with Crippen LogP contribution < -0.4 is 15.8 Å². The molecule has 4 rings (SSSR count). The summed E-state index contributed by atoms with van der Waals surface area (Å²) in [4.78, 5) is 11.1. The second-order valence-electron chi connectivity index (χ2n) is 7.15. The Balaban J connectivity index is 1.74. The summed E-state index contributed by atoms with van der Waals surface area (Å²) in [6.07, 6.45) is 2.04. The third-order valence-corrected chi connectivity index (χ3v) is 5.74. The van der Waals surface area contributed by atoms with Gasteiger partial charge in [-0.2, -0.15) is 8.42 Å². The van der Waals surface area contributed by atoms with E-state index in [2.05, 4.69) is 10.7 Å². The Bertz CT molecular complexity index is 1240. The molecule has 0 saturated carbocycles. The summed E-state index contributed by atoms with van der Waals surface area (Å²) in [5, 5.41) is 4.58. The Morgan fingerprint density at radius 1 is 1.00 bits per heavy atom. The Morgan fingerprint density at radius 2 is 1.71 bits per heavy atom. The molecule has 3 aromatic rings. The van der Waals surface area contributed by atoms with Gasteiger partial charge < -0.3 is 5.32 Å². The van der Waals surface area contributed by atoms with Crippen LogP contribution in [0.4, 0.5) is 11.4 Å². The summed E-state index contributed by atoms with van der Waals surface area (Å²) in [7, 11) is -4.33. The smallest absolute Gasteiger partial charge is 0.294 e. The summed E-state index contributed by atoms with van der Waals surface area (Å²) in [6, 6.07) is 23.1. The van der Waals surface area contributed by atoms with Crippen molar-refractivity contribution < 1.29 is 17.8 Å². The lowest BCUT2D eigenvalue weighted by molar-refractivity contribution is -0.114. The first-order valence-electron chi connectivity index (χ1n) is 9.59. The molecular formula is C23H21N3O4S. The lowest BCUT2D eigenvalue weighted by Gasteiger charge is -2.28. The van der Waals surface area contributed by atoms with Crippen molar-refractivity contribution in [3.63, 3.8) is 0 Å². The molecule has 3 N–H and O–H groups in total. The second-order valence-corrected chi connectivity index (χ2v) is 8.57. The fraction of sp³-hybridized carbons (Fsp3) is 0.0870. The van der Waals surface area contributed by atoms with Gasteiger partial charge in [-0.3, -0.25) is 19.8 Å². The maximum atomic E-state index is 11.6. The van der Waals surface area contributed by atoms with Crippen molar-refractivity contribution in [1.29, 1.82) is 0 Å². The number of amides is 1. The molecule has 1 aliphatic heterocycles. The summed E-state index contributed by atoms with van der Waals surface area (Å²) in [5.41, 5.74) is 7.40. The average Bonchev–Trinajstić information content (AvgIpc) is 3.20. The van der Waals surface area contributed by atoms with Gasteiger partial charge >= 0.3 is 0 Å². The molecule has 0 aromatic heterocycles. The SMILES string of the molecule is CC(=O)Nc1ccc(C2C=C(c3ccccc3)NN2c2cccc(S(=O)(=O)O)c2)cc1. The van der Waals surface area contributed by atoms with Gasteiger partial charge in [-0.05, 0) is 47.5 Å². The van der Waals surface area contributed by atoms with Crippen LogP contribution in [0.15, 0.2) is 89.8 Å². The number of hydrazine groups is 1. The van der Waals surface area contributed by atoms with E-state index >= 15 is 0 Å². The van der Waals surface area contributed by atoms with Gasteiger partial charge in [-0.15, -0.1) is 0 Å². The topological polar surface area (TPSA) is 98.7 Å². The molecule has 0 saturated heterocycles. The van der Waals surface area contributed by atoms with Crippen LogP contribution in [0.3, 0.4) is 0 Å². The molecule has 3 aromatic carbocycles. The minimum absolute atomic E-state index is 0.148. The summed E-state index contributed by atoms with van der Waals surface area (Å²) in [6.45, 7) is 1.45. The largest absolute Gasteiger partial charge is 0.326 e. The highest BCUT2D eigenvalue weighted by Crippen LogP contribution is 2.36. The van der Waals surface area contributed by atoms with Crippen molar-refractivity contribution in [3.8, 4) is 0 Å². The quantitative estimate of drug-likeness (QED) is 0.524. The minimum atomic E-state index is -4.33. The number of rotatable bonds is 5. The zero-order valence-electron chi connectivity index (χ0n) is 16.7. The molecule has 1 unspecified atom stereocenters. The first-order valence-corrected chi connectivity index (χ1v) is 11.0. The molecule has 0 bridgehead atoms. The molecule has 158 valence electrons. The number of anilines is 2. The number of nitrogens with one attached hydrogen (secondary N) is 2. The zero-order chi connectivity index (χ0) is 22.0. The van der Waals surface area contributed by atoms with Crippen molar-refractivity contribution in [2.24, 2.45) is 0 Å². The highest BCUT2D eigenvalue weighted by atomic mass is 32.2. The number of carbonyl (C=O) groups is 1. The molecular weight excluding hydrogens is 414 g/mol. The van der Waals surface area contributed by atoms with Crippen molar-refractivity contribution in [2.75, 3.05) is 10.3 Å². The Morgan fingerprint density at radius 3 is 2.35 bits per heavy atom. The minimum Gasteiger partial charge on any atom is -0.326 e. The van der Waals surface area contributed by atoms with Gasteiger partial charge in [0, 0.05) is 12.6 Å². The van der Waals surface area contributed by atoms with E-state index in [1.54, 1.807) is 12.1 Å². The normalized spacial score (nSPS) is 15.9. The van der Waals surface area contributed by atoms with E-state index in [1.807, 2.05) is 65.7 Å². The van der Waals surface area contributed by atoms with Crippen molar-refractivity contribution in [3.05, 3.63) is 96.1 Å². The molecule has 0 radical (unpaired) electrons. The average molecular weight is 436 g/mol. The van der Waals surface area contributed by atoms with Gasteiger partial charge in [0.05, 0.1) is 22.3 Å². The predicted molar refractivity (Wildman–Crippen MR) is 120 cm³/mol. The maximum absolute atomic E-state index is 11.6. The number of hydrogen-bond acceptors (Lipinski definition) is 5. The second kappa shape index (κ2) is 8.25. The lowest BCUT2D eigenvalue weighted by Crippen LogP contribution is -2.34. The first-order chi connectivity index (χ1) is 14.8. The number of nitrogens with zero attached hydrogens (tertiary/aromatic N) is 1. The number of hydrogen-bond donors (Lipinski definition) is 3. The van der Waals surface area contributed by atoms with Crippen LogP contribution in [0.1, 0.15) is 24.1 Å². The summed E-state index contributed by atoms with van der Waals surface area (Å²) in [5.74, 6) is -0.148. The molecule has 1 heterocycles. The van der Waals surface area contributed by atoms with Gasteiger partial charge in [-0.1, -0.05) is 48.5 Å². The van der Waals surface area contributed by atoms with Crippen LogP contribution in [0.2, 0.25) is 0 Å².